The van der Waals surface area contributed by atoms with Crippen molar-refractivity contribution in [1.29, 1.82) is 0 Å². The first-order valence-electron chi connectivity index (χ1n) is 6.76. The van der Waals surface area contributed by atoms with Crippen molar-refractivity contribution in [3.8, 4) is 0 Å². The Bertz CT molecular complexity index is 568. The average Bonchev–Trinajstić information content (AvgIpc) is 3.05. The number of thiophene rings is 1. The lowest BCUT2D eigenvalue weighted by molar-refractivity contribution is -0.00403. The van der Waals surface area contributed by atoms with Crippen molar-refractivity contribution < 1.29 is 4.74 Å². The number of aryl methyl sites for hydroxylation is 1. The van der Waals surface area contributed by atoms with Crippen LogP contribution in [0.3, 0.4) is 0 Å². The Balaban J connectivity index is 1.57. The SMILES string of the molecule is Cn1cncc1C1CC(NCc2csc(Br)c2)CCO1. The summed E-state index contributed by atoms with van der Waals surface area (Å²) in [6, 6.07) is 2.68. The molecule has 6 heteroatoms. The van der Waals surface area contributed by atoms with Crippen LogP contribution in [0.1, 0.15) is 30.2 Å². The first kappa shape index (κ1) is 14.3. The highest BCUT2D eigenvalue weighted by molar-refractivity contribution is 9.11. The van der Waals surface area contributed by atoms with Crippen molar-refractivity contribution in [2.24, 2.45) is 7.05 Å². The Labute approximate surface area is 131 Å². The van der Waals surface area contributed by atoms with Gasteiger partial charge >= 0.3 is 0 Å². The fourth-order valence-corrected chi connectivity index (χ4v) is 3.78. The standard InChI is InChI=1S/C14H18BrN3OS/c1-18-9-16-7-12(18)13-5-11(2-3-19-13)17-6-10-4-14(15)20-8-10/h4,7-9,11,13,17H,2-3,5-6H2,1H3. The van der Waals surface area contributed by atoms with E-state index in [2.05, 4.69) is 37.7 Å². The van der Waals surface area contributed by atoms with E-state index in [-0.39, 0.29) is 6.10 Å². The summed E-state index contributed by atoms with van der Waals surface area (Å²) < 4.78 is 9.12. The van der Waals surface area contributed by atoms with E-state index >= 15 is 0 Å². The van der Waals surface area contributed by atoms with E-state index in [1.54, 1.807) is 11.3 Å². The summed E-state index contributed by atoms with van der Waals surface area (Å²) in [5.74, 6) is 0. The number of ether oxygens (including phenoxy) is 1. The third-order valence-corrected chi connectivity index (χ3v) is 5.24. The average molecular weight is 356 g/mol. The highest BCUT2D eigenvalue weighted by Gasteiger charge is 2.25. The maximum atomic E-state index is 5.88. The van der Waals surface area contributed by atoms with Gasteiger partial charge in [0.15, 0.2) is 0 Å². The summed E-state index contributed by atoms with van der Waals surface area (Å²) in [6.45, 7) is 1.73. The lowest BCUT2D eigenvalue weighted by atomic mass is 10.0. The van der Waals surface area contributed by atoms with Gasteiger partial charge in [-0.25, -0.2) is 4.98 Å². The fraction of sp³-hybridized carbons (Fsp3) is 0.500. The summed E-state index contributed by atoms with van der Waals surface area (Å²) in [6.07, 6.45) is 5.97. The Morgan fingerprint density at radius 2 is 2.50 bits per heavy atom. The number of nitrogens with one attached hydrogen (secondary N) is 1. The van der Waals surface area contributed by atoms with Gasteiger partial charge in [-0.3, -0.25) is 0 Å². The number of hydrogen-bond acceptors (Lipinski definition) is 4. The second-order valence-electron chi connectivity index (χ2n) is 5.15. The van der Waals surface area contributed by atoms with Gasteiger partial charge in [0.1, 0.15) is 6.10 Å². The third kappa shape index (κ3) is 3.31. The molecule has 20 heavy (non-hydrogen) atoms. The van der Waals surface area contributed by atoms with E-state index < -0.39 is 0 Å². The van der Waals surface area contributed by atoms with Crippen LogP contribution in [0.25, 0.3) is 0 Å². The number of nitrogens with zero attached hydrogens (tertiary/aromatic N) is 2. The second-order valence-corrected chi connectivity index (χ2v) is 7.44. The molecular weight excluding hydrogens is 338 g/mol. The Hall–Kier alpha value is -0.690. The third-order valence-electron chi connectivity index (χ3n) is 3.68. The minimum Gasteiger partial charge on any atom is -0.372 e. The molecular formula is C14H18BrN3OS. The molecule has 2 atom stereocenters. The summed E-state index contributed by atoms with van der Waals surface area (Å²) in [7, 11) is 2.02. The predicted molar refractivity (Wildman–Crippen MR) is 83.8 cm³/mol. The van der Waals surface area contributed by atoms with Gasteiger partial charge in [0.2, 0.25) is 0 Å². The van der Waals surface area contributed by atoms with Crippen LogP contribution in [0.15, 0.2) is 27.8 Å². The van der Waals surface area contributed by atoms with E-state index in [0.717, 1.165) is 31.7 Å². The van der Waals surface area contributed by atoms with Gasteiger partial charge in [0, 0.05) is 26.2 Å². The minimum atomic E-state index is 0.156. The van der Waals surface area contributed by atoms with Gasteiger partial charge in [0.05, 0.1) is 22.0 Å². The van der Waals surface area contributed by atoms with Crippen LogP contribution in [0.5, 0.6) is 0 Å². The fourth-order valence-electron chi connectivity index (χ4n) is 2.57. The molecule has 0 aromatic carbocycles. The van der Waals surface area contributed by atoms with Crippen LogP contribution in [0.4, 0.5) is 0 Å². The minimum absolute atomic E-state index is 0.156. The molecule has 0 amide bonds. The molecule has 0 aliphatic carbocycles. The Morgan fingerprint density at radius 1 is 1.60 bits per heavy atom. The van der Waals surface area contributed by atoms with Crippen molar-refractivity contribution >= 4 is 27.3 Å². The zero-order valence-electron chi connectivity index (χ0n) is 11.4. The van der Waals surface area contributed by atoms with Gasteiger partial charge in [-0.1, -0.05) is 0 Å². The van der Waals surface area contributed by atoms with E-state index in [4.69, 9.17) is 4.74 Å². The first-order chi connectivity index (χ1) is 9.72. The molecule has 3 rings (SSSR count). The predicted octanol–water partition coefficient (Wildman–Crippen LogP) is 3.25. The summed E-state index contributed by atoms with van der Waals surface area (Å²) in [5.41, 5.74) is 2.50. The largest absolute Gasteiger partial charge is 0.372 e. The van der Waals surface area contributed by atoms with Gasteiger partial charge < -0.3 is 14.6 Å². The normalized spacial score (nSPS) is 23.1. The lowest BCUT2D eigenvalue weighted by Crippen LogP contribution is -2.36. The first-order valence-corrected chi connectivity index (χ1v) is 8.44. The maximum Gasteiger partial charge on any atom is 0.100 e. The van der Waals surface area contributed by atoms with Crippen molar-refractivity contribution in [1.82, 2.24) is 14.9 Å². The van der Waals surface area contributed by atoms with E-state index in [0.29, 0.717) is 6.04 Å². The van der Waals surface area contributed by atoms with Crippen LogP contribution in [-0.4, -0.2) is 22.2 Å². The second kappa shape index (κ2) is 6.39. The molecule has 1 N–H and O–H groups in total. The zero-order chi connectivity index (χ0) is 13.9. The van der Waals surface area contributed by atoms with E-state index in [1.807, 2.05) is 24.1 Å². The van der Waals surface area contributed by atoms with E-state index in [9.17, 15) is 0 Å². The van der Waals surface area contributed by atoms with Gasteiger partial charge in [0.25, 0.3) is 0 Å². The number of rotatable bonds is 4. The molecule has 0 spiro atoms. The van der Waals surface area contributed by atoms with Crippen LogP contribution in [-0.2, 0) is 18.3 Å². The number of halogens is 1. The Kier molecular flexibility index (Phi) is 4.55. The molecule has 108 valence electrons. The zero-order valence-corrected chi connectivity index (χ0v) is 13.8. The van der Waals surface area contributed by atoms with Crippen molar-refractivity contribution in [3.05, 3.63) is 39.0 Å². The number of imidazole rings is 1. The molecule has 2 aromatic rings. The number of aromatic nitrogens is 2. The lowest BCUT2D eigenvalue weighted by Gasteiger charge is -2.30. The molecule has 1 aliphatic heterocycles. The van der Waals surface area contributed by atoms with Crippen LogP contribution in [0.2, 0.25) is 0 Å². The van der Waals surface area contributed by atoms with Crippen molar-refractivity contribution in [3.63, 3.8) is 0 Å². The topological polar surface area (TPSA) is 39.1 Å². The maximum absolute atomic E-state index is 5.88. The Morgan fingerprint density at radius 3 is 3.20 bits per heavy atom. The van der Waals surface area contributed by atoms with E-state index in [1.165, 1.54) is 9.35 Å². The monoisotopic (exact) mass is 355 g/mol. The van der Waals surface area contributed by atoms with Gasteiger partial charge in [-0.15, -0.1) is 11.3 Å². The molecule has 0 bridgehead atoms. The van der Waals surface area contributed by atoms with Crippen molar-refractivity contribution in [2.45, 2.75) is 31.5 Å². The molecule has 4 nitrogen and oxygen atoms in total. The van der Waals surface area contributed by atoms with Crippen LogP contribution < -0.4 is 5.32 Å². The summed E-state index contributed by atoms with van der Waals surface area (Å²) >= 11 is 5.23. The van der Waals surface area contributed by atoms with Crippen LogP contribution in [0, 0.1) is 0 Å². The molecule has 1 saturated heterocycles. The van der Waals surface area contributed by atoms with Gasteiger partial charge in [-0.05, 0) is 45.8 Å². The molecule has 3 heterocycles. The molecule has 2 aromatic heterocycles. The summed E-state index contributed by atoms with van der Waals surface area (Å²) in [5, 5.41) is 5.83. The smallest absolute Gasteiger partial charge is 0.100 e. The number of hydrogen-bond donors (Lipinski definition) is 1. The summed E-state index contributed by atoms with van der Waals surface area (Å²) in [4.78, 5) is 4.18. The molecule has 0 saturated carbocycles. The highest BCUT2D eigenvalue weighted by atomic mass is 79.9. The molecule has 1 aliphatic rings. The molecule has 2 unspecified atom stereocenters. The molecule has 1 fully saturated rings. The van der Waals surface area contributed by atoms with Crippen molar-refractivity contribution in [2.75, 3.05) is 6.61 Å². The van der Waals surface area contributed by atoms with Gasteiger partial charge in [-0.2, -0.15) is 0 Å². The molecule has 0 radical (unpaired) electrons. The highest BCUT2D eigenvalue weighted by Crippen LogP contribution is 2.28. The quantitative estimate of drug-likeness (QED) is 0.914. The van der Waals surface area contributed by atoms with Crippen LogP contribution >= 0.6 is 27.3 Å².